The molecule has 1 aliphatic heterocycles. The van der Waals surface area contributed by atoms with Crippen molar-refractivity contribution in [3.63, 3.8) is 0 Å². The molecule has 7 heteroatoms. The van der Waals surface area contributed by atoms with E-state index in [-0.39, 0.29) is 5.91 Å². The molecule has 0 radical (unpaired) electrons. The molecular formula is C24H19N5O2. The Labute approximate surface area is 179 Å². The minimum absolute atomic E-state index is 0.0253. The van der Waals surface area contributed by atoms with Crippen molar-refractivity contribution in [3.8, 4) is 22.9 Å². The van der Waals surface area contributed by atoms with Crippen LogP contribution in [-0.2, 0) is 4.74 Å². The summed E-state index contributed by atoms with van der Waals surface area (Å²) >= 11 is 0. The Bertz CT molecular complexity index is 1320. The van der Waals surface area contributed by atoms with E-state index in [4.69, 9.17) is 10.00 Å². The lowest BCUT2D eigenvalue weighted by molar-refractivity contribution is 0.0302. The lowest BCUT2D eigenvalue weighted by atomic mass is 10.0. The maximum atomic E-state index is 12.8. The van der Waals surface area contributed by atoms with Gasteiger partial charge in [-0.15, -0.1) is 0 Å². The first-order valence-corrected chi connectivity index (χ1v) is 10.0. The lowest BCUT2D eigenvalue weighted by Gasteiger charge is -2.26. The third kappa shape index (κ3) is 3.65. The fourth-order valence-corrected chi connectivity index (χ4v) is 3.79. The summed E-state index contributed by atoms with van der Waals surface area (Å²) in [5, 5.41) is 9.10. The zero-order valence-electron chi connectivity index (χ0n) is 16.7. The van der Waals surface area contributed by atoms with Crippen molar-refractivity contribution in [2.45, 2.75) is 0 Å². The Hall–Kier alpha value is -4.02. The van der Waals surface area contributed by atoms with Crippen LogP contribution in [0, 0.1) is 11.3 Å². The fourth-order valence-electron chi connectivity index (χ4n) is 3.79. The van der Waals surface area contributed by atoms with Gasteiger partial charge in [-0.3, -0.25) is 14.3 Å². The predicted octanol–water partition coefficient (Wildman–Crippen LogP) is 3.43. The van der Waals surface area contributed by atoms with Crippen LogP contribution in [0.4, 0.5) is 0 Å². The minimum atomic E-state index is -0.0253. The van der Waals surface area contributed by atoms with Gasteiger partial charge in [-0.05, 0) is 42.0 Å². The van der Waals surface area contributed by atoms with Gasteiger partial charge in [-0.2, -0.15) is 5.26 Å². The van der Waals surface area contributed by atoms with Gasteiger partial charge in [0.2, 0.25) is 0 Å². The van der Waals surface area contributed by atoms with Gasteiger partial charge in [-0.1, -0.05) is 12.1 Å². The maximum absolute atomic E-state index is 12.8. The number of hydrogen-bond donors (Lipinski definition) is 0. The molecule has 2 aromatic carbocycles. The first-order valence-electron chi connectivity index (χ1n) is 10.0. The average molecular weight is 409 g/mol. The fraction of sp³-hybridized carbons (Fsp3) is 0.167. The van der Waals surface area contributed by atoms with E-state index < -0.39 is 0 Å². The van der Waals surface area contributed by atoms with Crippen molar-refractivity contribution in [2.75, 3.05) is 26.3 Å². The van der Waals surface area contributed by atoms with Crippen molar-refractivity contribution >= 4 is 16.9 Å². The Balaban J connectivity index is 1.48. The highest BCUT2D eigenvalue weighted by atomic mass is 16.5. The second-order valence-electron chi connectivity index (χ2n) is 7.35. The monoisotopic (exact) mass is 409 g/mol. The first-order chi connectivity index (χ1) is 15.2. The van der Waals surface area contributed by atoms with Gasteiger partial charge in [0.15, 0.2) is 0 Å². The number of pyridine rings is 1. The maximum Gasteiger partial charge on any atom is 0.255 e. The van der Waals surface area contributed by atoms with Crippen LogP contribution < -0.4 is 0 Å². The molecule has 31 heavy (non-hydrogen) atoms. The smallest absolute Gasteiger partial charge is 0.255 e. The summed E-state index contributed by atoms with van der Waals surface area (Å²) in [7, 11) is 0. The molecule has 5 rings (SSSR count). The lowest BCUT2D eigenvalue weighted by Crippen LogP contribution is -2.40. The summed E-state index contributed by atoms with van der Waals surface area (Å²) in [5.41, 5.74) is 5.61. The summed E-state index contributed by atoms with van der Waals surface area (Å²) in [6.07, 6.45) is 5.13. The molecule has 1 aliphatic rings. The number of rotatable bonds is 3. The molecule has 0 saturated carbocycles. The average Bonchev–Trinajstić information content (AvgIpc) is 3.27. The van der Waals surface area contributed by atoms with E-state index in [0.717, 1.165) is 27.8 Å². The second-order valence-corrected chi connectivity index (χ2v) is 7.35. The van der Waals surface area contributed by atoms with E-state index in [9.17, 15) is 4.79 Å². The highest BCUT2D eigenvalue weighted by molar-refractivity contribution is 5.95. The van der Waals surface area contributed by atoms with E-state index in [1.165, 1.54) is 0 Å². The molecule has 7 nitrogen and oxygen atoms in total. The standard InChI is InChI=1S/C24H19N5O2/c25-13-17-4-5-23-22(10-17)27-16-29(23)21-3-1-2-18(12-21)19-11-20(15-26-14-19)24(30)28-6-8-31-9-7-28/h1-5,10-12,14-16H,6-9H2. The van der Waals surface area contributed by atoms with E-state index >= 15 is 0 Å². The molecule has 1 amide bonds. The molecule has 4 aromatic rings. The second kappa shape index (κ2) is 8.01. The van der Waals surface area contributed by atoms with Crippen molar-refractivity contribution < 1.29 is 9.53 Å². The van der Waals surface area contributed by atoms with Crippen LogP contribution in [0.15, 0.2) is 67.3 Å². The molecule has 3 heterocycles. The highest BCUT2D eigenvalue weighted by Gasteiger charge is 2.19. The van der Waals surface area contributed by atoms with Crippen molar-refractivity contribution in [1.29, 1.82) is 5.26 Å². The third-order valence-electron chi connectivity index (χ3n) is 5.42. The van der Waals surface area contributed by atoms with Gasteiger partial charge in [0.05, 0.1) is 41.4 Å². The number of ether oxygens (including phenoxy) is 1. The molecule has 152 valence electrons. The van der Waals surface area contributed by atoms with Gasteiger partial charge in [0, 0.05) is 36.7 Å². The number of nitrogens with zero attached hydrogens (tertiary/aromatic N) is 5. The van der Waals surface area contributed by atoms with Crippen molar-refractivity contribution in [2.24, 2.45) is 0 Å². The normalized spacial score (nSPS) is 13.8. The Morgan fingerprint density at radius 3 is 2.74 bits per heavy atom. The minimum Gasteiger partial charge on any atom is -0.378 e. The number of hydrogen-bond acceptors (Lipinski definition) is 5. The number of carbonyl (C=O) groups is 1. The zero-order chi connectivity index (χ0) is 21.2. The number of benzene rings is 2. The number of amides is 1. The SMILES string of the molecule is N#Cc1ccc2c(c1)ncn2-c1cccc(-c2cncc(C(=O)N3CCOCC3)c2)c1. The summed E-state index contributed by atoms with van der Waals surface area (Å²) in [6.45, 7) is 2.32. The molecular weight excluding hydrogens is 390 g/mol. The number of morpholine rings is 1. The van der Waals surface area contributed by atoms with Crippen molar-refractivity contribution in [3.05, 3.63) is 78.4 Å². The predicted molar refractivity (Wildman–Crippen MR) is 116 cm³/mol. The van der Waals surface area contributed by atoms with E-state index in [1.54, 1.807) is 35.8 Å². The summed E-state index contributed by atoms with van der Waals surface area (Å²) in [5.74, 6) is -0.0253. The zero-order valence-corrected chi connectivity index (χ0v) is 16.7. The molecule has 0 spiro atoms. The third-order valence-corrected chi connectivity index (χ3v) is 5.42. The van der Waals surface area contributed by atoms with Crippen LogP contribution in [0.3, 0.4) is 0 Å². The van der Waals surface area contributed by atoms with Gasteiger partial charge < -0.3 is 9.64 Å². The number of carbonyl (C=O) groups excluding carboxylic acids is 1. The topological polar surface area (TPSA) is 84.0 Å². The Kier molecular flexibility index (Phi) is 4.90. The highest BCUT2D eigenvalue weighted by Crippen LogP contribution is 2.25. The van der Waals surface area contributed by atoms with E-state index in [1.807, 2.05) is 41.0 Å². The van der Waals surface area contributed by atoms with E-state index in [0.29, 0.717) is 37.4 Å². The molecule has 0 unspecified atom stereocenters. The van der Waals surface area contributed by atoms with Gasteiger partial charge in [-0.25, -0.2) is 4.98 Å². The van der Waals surface area contributed by atoms with Gasteiger partial charge >= 0.3 is 0 Å². The van der Waals surface area contributed by atoms with Crippen LogP contribution in [0.2, 0.25) is 0 Å². The number of fused-ring (bicyclic) bond motifs is 1. The van der Waals surface area contributed by atoms with Crippen molar-refractivity contribution in [1.82, 2.24) is 19.4 Å². The molecule has 1 fully saturated rings. The summed E-state index contributed by atoms with van der Waals surface area (Å²) in [6, 6.07) is 17.5. The Morgan fingerprint density at radius 2 is 1.90 bits per heavy atom. The number of imidazole rings is 1. The molecule has 1 saturated heterocycles. The largest absolute Gasteiger partial charge is 0.378 e. The van der Waals surface area contributed by atoms with Crippen LogP contribution in [0.5, 0.6) is 0 Å². The van der Waals surface area contributed by atoms with Crippen LogP contribution in [0.1, 0.15) is 15.9 Å². The first kappa shape index (κ1) is 19.0. The molecule has 0 aliphatic carbocycles. The van der Waals surface area contributed by atoms with Crippen LogP contribution in [0.25, 0.3) is 27.8 Å². The molecule has 0 atom stereocenters. The molecule has 2 aromatic heterocycles. The van der Waals surface area contributed by atoms with Crippen LogP contribution >= 0.6 is 0 Å². The van der Waals surface area contributed by atoms with Gasteiger partial charge in [0.25, 0.3) is 5.91 Å². The summed E-state index contributed by atoms with van der Waals surface area (Å²) < 4.78 is 7.32. The number of nitriles is 1. The Morgan fingerprint density at radius 1 is 1.03 bits per heavy atom. The summed E-state index contributed by atoms with van der Waals surface area (Å²) in [4.78, 5) is 23.4. The molecule has 0 bridgehead atoms. The number of aromatic nitrogens is 3. The van der Waals surface area contributed by atoms with E-state index in [2.05, 4.69) is 16.0 Å². The van der Waals surface area contributed by atoms with Gasteiger partial charge in [0.1, 0.15) is 6.33 Å². The van der Waals surface area contributed by atoms with Crippen LogP contribution in [-0.4, -0.2) is 51.6 Å². The quantitative estimate of drug-likeness (QED) is 0.518. The molecule has 0 N–H and O–H groups in total.